The molecule has 17 heavy (non-hydrogen) atoms. The quantitative estimate of drug-likeness (QED) is 0.628. The summed E-state index contributed by atoms with van der Waals surface area (Å²) in [6, 6.07) is 4.62. The molecule has 0 radical (unpaired) electrons. The second-order valence-electron chi connectivity index (χ2n) is 5.00. The van der Waals surface area contributed by atoms with Crippen molar-refractivity contribution in [1.82, 2.24) is 5.43 Å². The molecule has 1 unspecified atom stereocenters. The predicted molar refractivity (Wildman–Crippen MR) is 70.3 cm³/mol. The second-order valence-corrected chi connectivity index (χ2v) is 5.44. The standard InChI is InChI=1S/C13H20ClFN2/c1-4-13(2,3)12(17-16)8-9-7-10(14)5-6-11(9)15/h5-7,12,17H,4,8,16H2,1-3H3. The molecule has 3 N–H and O–H groups in total. The van der Waals surface area contributed by atoms with E-state index in [9.17, 15) is 4.39 Å². The second kappa shape index (κ2) is 5.80. The average molecular weight is 259 g/mol. The van der Waals surface area contributed by atoms with E-state index in [4.69, 9.17) is 17.4 Å². The van der Waals surface area contributed by atoms with Crippen LogP contribution in [0, 0.1) is 11.2 Å². The first-order valence-corrected chi connectivity index (χ1v) is 6.18. The first-order valence-electron chi connectivity index (χ1n) is 5.80. The fourth-order valence-corrected chi connectivity index (χ4v) is 1.92. The normalized spacial score (nSPS) is 13.8. The van der Waals surface area contributed by atoms with Gasteiger partial charge in [-0.3, -0.25) is 11.3 Å². The van der Waals surface area contributed by atoms with Crippen LogP contribution >= 0.6 is 11.6 Å². The van der Waals surface area contributed by atoms with E-state index in [2.05, 4.69) is 26.2 Å². The number of benzene rings is 1. The summed E-state index contributed by atoms with van der Waals surface area (Å²) in [7, 11) is 0. The van der Waals surface area contributed by atoms with Gasteiger partial charge in [0.1, 0.15) is 5.82 Å². The van der Waals surface area contributed by atoms with E-state index in [-0.39, 0.29) is 17.3 Å². The van der Waals surface area contributed by atoms with Crippen LogP contribution in [-0.4, -0.2) is 6.04 Å². The molecule has 0 saturated carbocycles. The van der Waals surface area contributed by atoms with Gasteiger partial charge in [-0.2, -0.15) is 0 Å². The van der Waals surface area contributed by atoms with Gasteiger partial charge < -0.3 is 0 Å². The van der Waals surface area contributed by atoms with E-state index < -0.39 is 0 Å². The summed E-state index contributed by atoms with van der Waals surface area (Å²) in [4.78, 5) is 0. The zero-order valence-corrected chi connectivity index (χ0v) is 11.3. The highest BCUT2D eigenvalue weighted by atomic mass is 35.5. The maximum atomic E-state index is 13.6. The van der Waals surface area contributed by atoms with Gasteiger partial charge in [0.15, 0.2) is 0 Å². The van der Waals surface area contributed by atoms with Gasteiger partial charge in [-0.1, -0.05) is 32.4 Å². The van der Waals surface area contributed by atoms with Gasteiger partial charge in [0, 0.05) is 11.1 Å². The smallest absolute Gasteiger partial charge is 0.126 e. The highest BCUT2D eigenvalue weighted by molar-refractivity contribution is 6.30. The molecular formula is C13H20ClFN2. The number of hydrogen-bond donors (Lipinski definition) is 2. The third-order valence-electron chi connectivity index (χ3n) is 3.49. The van der Waals surface area contributed by atoms with Crippen molar-refractivity contribution in [2.45, 2.75) is 39.7 Å². The topological polar surface area (TPSA) is 38.0 Å². The molecule has 1 aromatic rings. The van der Waals surface area contributed by atoms with E-state index in [1.54, 1.807) is 12.1 Å². The SMILES string of the molecule is CCC(C)(C)C(Cc1cc(Cl)ccc1F)NN. The molecule has 2 nitrogen and oxygen atoms in total. The third kappa shape index (κ3) is 3.66. The molecule has 96 valence electrons. The average Bonchev–Trinajstić information content (AvgIpc) is 2.30. The molecule has 0 saturated heterocycles. The Morgan fingerprint density at radius 3 is 2.65 bits per heavy atom. The number of nitrogens with one attached hydrogen (secondary N) is 1. The minimum Gasteiger partial charge on any atom is -0.271 e. The van der Waals surface area contributed by atoms with Crippen molar-refractivity contribution in [2.24, 2.45) is 11.3 Å². The molecule has 0 fully saturated rings. The van der Waals surface area contributed by atoms with Crippen LogP contribution in [0.4, 0.5) is 4.39 Å². The minimum atomic E-state index is -0.235. The largest absolute Gasteiger partial charge is 0.271 e. The number of hydrazine groups is 1. The van der Waals surface area contributed by atoms with Crippen LogP contribution in [0.15, 0.2) is 18.2 Å². The molecule has 0 amide bonds. The third-order valence-corrected chi connectivity index (χ3v) is 3.72. The van der Waals surface area contributed by atoms with E-state index >= 15 is 0 Å². The first-order chi connectivity index (χ1) is 7.90. The van der Waals surface area contributed by atoms with E-state index in [0.717, 1.165) is 6.42 Å². The van der Waals surface area contributed by atoms with E-state index in [1.807, 2.05) is 0 Å². The van der Waals surface area contributed by atoms with Crippen LogP contribution in [0.5, 0.6) is 0 Å². The fourth-order valence-electron chi connectivity index (χ4n) is 1.73. The van der Waals surface area contributed by atoms with Crippen LogP contribution in [-0.2, 0) is 6.42 Å². The zero-order valence-electron chi connectivity index (χ0n) is 10.6. The summed E-state index contributed by atoms with van der Waals surface area (Å²) in [5, 5.41) is 0.548. The number of hydrogen-bond acceptors (Lipinski definition) is 2. The Morgan fingerprint density at radius 1 is 1.47 bits per heavy atom. The molecule has 0 aliphatic carbocycles. The van der Waals surface area contributed by atoms with Gasteiger partial charge >= 0.3 is 0 Å². The van der Waals surface area contributed by atoms with Crippen LogP contribution < -0.4 is 11.3 Å². The van der Waals surface area contributed by atoms with Crippen LogP contribution in [0.2, 0.25) is 5.02 Å². The Labute approximate surface area is 107 Å². The Balaban J connectivity index is 2.91. The molecule has 1 aromatic carbocycles. The molecule has 0 aromatic heterocycles. The zero-order chi connectivity index (χ0) is 13.1. The van der Waals surface area contributed by atoms with Crippen molar-refractivity contribution in [3.8, 4) is 0 Å². The van der Waals surface area contributed by atoms with Gasteiger partial charge in [0.05, 0.1) is 0 Å². The molecule has 1 atom stereocenters. The lowest BCUT2D eigenvalue weighted by Gasteiger charge is -2.33. The highest BCUT2D eigenvalue weighted by Crippen LogP contribution is 2.28. The van der Waals surface area contributed by atoms with Gasteiger partial charge in [0.2, 0.25) is 0 Å². The molecule has 0 heterocycles. The summed E-state index contributed by atoms with van der Waals surface area (Å²) in [6.07, 6.45) is 1.49. The van der Waals surface area contributed by atoms with Crippen molar-refractivity contribution in [1.29, 1.82) is 0 Å². The summed E-state index contributed by atoms with van der Waals surface area (Å²) in [5.74, 6) is 5.33. The molecule has 0 aliphatic rings. The lowest BCUT2D eigenvalue weighted by Crippen LogP contribution is -2.47. The molecule has 0 bridgehead atoms. The van der Waals surface area contributed by atoms with Crippen molar-refractivity contribution in [2.75, 3.05) is 0 Å². The van der Waals surface area contributed by atoms with Crippen molar-refractivity contribution >= 4 is 11.6 Å². The maximum absolute atomic E-state index is 13.6. The first kappa shape index (κ1) is 14.4. The maximum Gasteiger partial charge on any atom is 0.126 e. The highest BCUT2D eigenvalue weighted by Gasteiger charge is 2.27. The summed E-state index contributed by atoms with van der Waals surface area (Å²) >= 11 is 5.87. The molecule has 4 heteroatoms. The summed E-state index contributed by atoms with van der Waals surface area (Å²) in [6.45, 7) is 6.32. The van der Waals surface area contributed by atoms with Gasteiger partial charge in [-0.05, 0) is 42.0 Å². The molecule has 0 spiro atoms. The lowest BCUT2D eigenvalue weighted by atomic mass is 9.79. The Hall–Kier alpha value is -0.640. The molecule has 1 rings (SSSR count). The van der Waals surface area contributed by atoms with E-state index in [1.165, 1.54) is 6.07 Å². The summed E-state index contributed by atoms with van der Waals surface area (Å²) < 4.78 is 13.6. The Kier molecular flexibility index (Phi) is 4.92. The van der Waals surface area contributed by atoms with Crippen molar-refractivity contribution in [3.05, 3.63) is 34.6 Å². The fraction of sp³-hybridized carbons (Fsp3) is 0.538. The minimum absolute atomic E-state index is 0.00348. The van der Waals surface area contributed by atoms with Gasteiger partial charge in [-0.25, -0.2) is 4.39 Å². The predicted octanol–water partition coefficient (Wildman–Crippen LogP) is 3.29. The van der Waals surface area contributed by atoms with E-state index in [0.29, 0.717) is 17.0 Å². The lowest BCUT2D eigenvalue weighted by molar-refractivity contribution is 0.230. The monoisotopic (exact) mass is 258 g/mol. The molecule has 0 aliphatic heterocycles. The van der Waals surface area contributed by atoms with Crippen molar-refractivity contribution in [3.63, 3.8) is 0 Å². The van der Waals surface area contributed by atoms with Crippen LogP contribution in [0.1, 0.15) is 32.8 Å². The number of halogens is 2. The Bertz CT molecular complexity index is 380. The number of rotatable bonds is 5. The molecular weight excluding hydrogens is 239 g/mol. The van der Waals surface area contributed by atoms with Crippen LogP contribution in [0.3, 0.4) is 0 Å². The van der Waals surface area contributed by atoms with Gasteiger partial charge in [-0.15, -0.1) is 0 Å². The Morgan fingerprint density at radius 2 is 2.12 bits per heavy atom. The summed E-state index contributed by atoms with van der Waals surface area (Å²) in [5.41, 5.74) is 3.38. The van der Waals surface area contributed by atoms with Crippen molar-refractivity contribution < 1.29 is 4.39 Å². The number of nitrogens with two attached hydrogens (primary N) is 1. The van der Waals surface area contributed by atoms with Crippen LogP contribution in [0.25, 0.3) is 0 Å². The van der Waals surface area contributed by atoms with Gasteiger partial charge in [0.25, 0.3) is 0 Å².